The molecule has 27 heavy (non-hydrogen) atoms. The lowest BCUT2D eigenvalue weighted by atomic mass is 9.75. The largest absolute Gasteiger partial charge is 0.389 e. The van der Waals surface area contributed by atoms with E-state index in [4.69, 9.17) is 0 Å². The fourth-order valence-electron chi connectivity index (χ4n) is 5.13. The molecule has 1 aromatic carbocycles. The first kappa shape index (κ1) is 18.7. The molecule has 4 rings (SSSR count). The van der Waals surface area contributed by atoms with Crippen LogP contribution in [0.25, 0.3) is 0 Å². The predicted molar refractivity (Wildman–Crippen MR) is 103 cm³/mol. The summed E-state index contributed by atoms with van der Waals surface area (Å²) in [4.78, 5) is 18.3. The minimum atomic E-state index is -0.615. The van der Waals surface area contributed by atoms with Crippen molar-refractivity contribution < 1.29 is 14.3 Å². The highest BCUT2D eigenvalue weighted by Gasteiger charge is 2.46. The molecule has 148 valence electrons. The molecule has 0 bridgehead atoms. The number of rotatable bonds is 2. The normalized spacial score (nSPS) is 30.3. The summed E-state index contributed by atoms with van der Waals surface area (Å²) in [7, 11) is 0. The molecule has 5 nitrogen and oxygen atoms in total. The molecule has 3 heterocycles. The number of para-hydroxylation sites is 1. The molecule has 3 saturated heterocycles. The Bertz CT molecular complexity index is 692. The van der Waals surface area contributed by atoms with Crippen molar-refractivity contribution in [3.63, 3.8) is 0 Å². The summed E-state index contributed by atoms with van der Waals surface area (Å²) in [6.07, 6.45) is 3.50. The van der Waals surface area contributed by atoms with E-state index in [-0.39, 0.29) is 17.6 Å². The smallest absolute Gasteiger partial charge is 0.219 e. The molecule has 6 heteroatoms. The van der Waals surface area contributed by atoms with Crippen molar-refractivity contribution in [2.45, 2.75) is 44.2 Å². The molecule has 0 unspecified atom stereocenters. The Morgan fingerprint density at radius 2 is 1.81 bits per heavy atom. The fourth-order valence-corrected chi connectivity index (χ4v) is 5.13. The maximum absolute atomic E-state index is 14.0. The molecule has 1 aromatic rings. The van der Waals surface area contributed by atoms with Crippen LogP contribution < -0.4 is 4.90 Å². The summed E-state index contributed by atoms with van der Waals surface area (Å²) >= 11 is 0. The van der Waals surface area contributed by atoms with E-state index in [1.165, 1.54) is 6.07 Å². The molecule has 1 N–H and O–H groups in total. The fraction of sp³-hybridized carbons (Fsp3) is 0.667. The Morgan fingerprint density at radius 3 is 2.52 bits per heavy atom. The highest BCUT2D eigenvalue weighted by molar-refractivity contribution is 5.73. The predicted octanol–water partition coefficient (Wildman–Crippen LogP) is 2.10. The number of nitrogens with zero attached hydrogens (tertiary/aromatic N) is 3. The SMILES string of the molecule is CC(=O)N1CC[C@]2(O)CCN(C3CCN(c4ccccc4F)CC3)C[C@@H]2C1. The molecule has 0 spiro atoms. The average molecular weight is 375 g/mol. The number of carbonyl (C=O) groups is 1. The van der Waals surface area contributed by atoms with Gasteiger partial charge >= 0.3 is 0 Å². The van der Waals surface area contributed by atoms with E-state index in [0.29, 0.717) is 31.2 Å². The number of likely N-dealkylation sites (tertiary alicyclic amines) is 2. The van der Waals surface area contributed by atoms with E-state index in [1.54, 1.807) is 13.0 Å². The lowest BCUT2D eigenvalue weighted by molar-refractivity contribution is -0.146. The number of halogens is 1. The van der Waals surface area contributed by atoms with Gasteiger partial charge in [0.2, 0.25) is 5.91 Å². The van der Waals surface area contributed by atoms with Crippen molar-refractivity contribution in [3.05, 3.63) is 30.1 Å². The van der Waals surface area contributed by atoms with Gasteiger partial charge in [-0.2, -0.15) is 0 Å². The number of hydrogen-bond donors (Lipinski definition) is 1. The first-order valence-corrected chi connectivity index (χ1v) is 10.2. The third-order valence-electron chi connectivity index (χ3n) is 6.92. The zero-order valence-corrected chi connectivity index (χ0v) is 16.1. The number of fused-ring (bicyclic) bond motifs is 1. The second-order valence-corrected chi connectivity index (χ2v) is 8.43. The van der Waals surface area contributed by atoms with Crippen LogP contribution in [0.3, 0.4) is 0 Å². The Kier molecular flexibility index (Phi) is 5.12. The topological polar surface area (TPSA) is 47.0 Å². The van der Waals surface area contributed by atoms with Crippen LogP contribution in [0.1, 0.15) is 32.6 Å². The molecule has 2 atom stereocenters. The van der Waals surface area contributed by atoms with Gasteiger partial charge in [0.15, 0.2) is 0 Å². The maximum atomic E-state index is 14.0. The third-order valence-corrected chi connectivity index (χ3v) is 6.92. The standard InChI is InChI=1S/C21H30FN3O2/c1-16(26)24-12-8-21(27)9-13-25(15-17(21)14-24)18-6-10-23(11-7-18)20-5-3-2-4-19(20)22/h2-5,17-18,27H,6-15H2,1H3/t17-,21-/m0/s1. The lowest BCUT2D eigenvalue weighted by Crippen LogP contribution is -2.62. The van der Waals surface area contributed by atoms with Gasteiger partial charge in [-0.15, -0.1) is 0 Å². The van der Waals surface area contributed by atoms with Gasteiger partial charge in [-0.05, 0) is 37.8 Å². The number of hydrogen-bond acceptors (Lipinski definition) is 4. The van der Waals surface area contributed by atoms with Crippen LogP contribution in [-0.2, 0) is 4.79 Å². The molecule has 3 fully saturated rings. The Balaban J connectivity index is 1.37. The highest BCUT2D eigenvalue weighted by Crippen LogP contribution is 2.37. The molecule has 3 aliphatic rings. The zero-order chi connectivity index (χ0) is 19.0. The number of carbonyl (C=O) groups excluding carboxylic acids is 1. The van der Waals surface area contributed by atoms with Crippen LogP contribution in [0.2, 0.25) is 0 Å². The van der Waals surface area contributed by atoms with Crippen molar-refractivity contribution in [2.24, 2.45) is 5.92 Å². The first-order valence-electron chi connectivity index (χ1n) is 10.2. The lowest BCUT2D eigenvalue weighted by Gasteiger charge is -2.52. The summed E-state index contributed by atoms with van der Waals surface area (Å²) < 4.78 is 14.0. The molecular formula is C21H30FN3O2. The van der Waals surface area contributed by atoms with Crippen molar-refractivity contribution in [3.8, 4) is 0 Å². The number of anilines is 1. The van der Waals surface area contributed by atoms with E-state index in [1.807, 2.05) is 17.0 Å². The van der Waals surface area contributed by atoms with Gasteiger partial charge in [-0.25, -0.2) is 4.39 Å². The number of piperidine rings is 3. The Labute approximate surface area is 160 Å². The summed E-state index contributed by atoms with van der Waals surface area (Å²) in [5.74, 6) is 0.0892. The van der Waals surface area contributed by atoms with Gasteiger partial charge < -0.3 is 14.9 Å². The van der Waals surface area contributed by atoms with Crippen LogP contribution in [0.15, 0.2) is 24.3 Å². The summed E-state index contributed by atoms with van der Waals surface area (Å²) in [6.45, 7) is 6.43. The van der Waals surface area contributed by atoms with Crippen LogP contribution in [0.4, 0.5) is 10.1 Å². The number of amides is 1. The monoisotopic (exact) mass is 375 g/mol. The average Bonchev–Trinajstić information content (AvgIpc) is 2.67. The molecule has 0 radical (unpaired) electrons. The van der Waals surface area contributed by atoms with E-state index in [2.05, 4.69) is 9.80 Å². The maximum Gasteiger partial charge on any atom is 0.219 e. The molecular weight excluding hydrogens is 345 g/mol. The molecule has 3 aliphatic heterocycles. The zero-order valence-electron chi connectivity index (χ0n) is 16.1. The van der Waals surface area contributed by atoms with Gasteiger partial charge in [-0.1, -0.05) is 12.1 Å². The van der Waals surface area contributed by atoms with E-state index in [0.717, 1.165) is 45.4 Å². The van der Waals surface area contributed by atoms with Crippen LogP contribution in [0.5, 0.6) is 0 Å². The number of aliphatic hydroxyl groups is 1. The summed E-state index contributed by atoms with van der Waals surface area (Å²) in [5, 5.41) is 11.0. The van der Waals surface area contributed by atoms with Crippen molar-refractivity contribution >= 4 is 11.6 Å². The van der Waals surface area contributed by atoms with Gasteiger partial charge in [0.1, 0.15) is 5.82 Å². The van der Waals surface area contributed by atoms with Crippen LogP contribution in [0, 0.1) is 11.7 Å². The minimum absolute atomic E-state index is 0.104. The first-order chi connectivity index (χ1) is 13.0. The second-order valence-electron chi connectivity index (χ2n) is 8.43. The van der Waals surface area contributed by atoms with E-state index >= 15 is 0 Å². The van der Waals surface area contributed by atoms with E-state index in [9.17, 15) is 14.3 Å². The van der Waals surface area contributed by atoms with Crippen molar-refractivity contribution in [1.82, 2.24) is 9.80 Å². The van der Waals surface area contributed by atoms with Crippen molar-refractivity contribution in [2.75, 3.05) is 44.2 Å². The third kappa shape index (κ3) is 3.69. The number of benzene rings is 1. The second kappa shape index (κ2) is 7.40. The molecule has 0 aromatic heterocycles. The van der Waals surface area contributed by atoms with Gasteiger partial charge in [0, 0.05) is 58.2 Å². The van der Waals surface area contributed by atoms with Crippen LogP contribution in [-0.4, -0.2) is 71.7 Å². The highest BCUT2D eigenvalue weighted by atomic mass is 19.1. The van der Waals surface area contributed by atoms with Gasteiger partial charge in [-0.3, -0.25) is 9.69 Å². The van der Waals surface area contributed by atoms with Crippen molar-refractivity contribution in [1.29, 1.82) is 0 Å². The minimum Gasteiger partial charge on any atom is -0.389 e. The Morgan fingerprint density at radius 1 is 1.11 bits per heavy atom. The summed E-state index contributed by atoms with van der Waals surface area (Å²) in [5.41, 5.74) is 0.0874. The van der Waals surface area contributed by atoms with Gasteiger partial charge in [0.25, 0.3) is 0 Å². The van der Waals surface area contributed by atoms with Crippen LogP contribution >= 0.6 is 0 Å². The molecule has 0 aliphatic carbocycles. The molecule has 1 amide bonds. The quantitative estimate of drug-likeness (QED) is 0.860. The van der Waals surface area contributed by atoms with Gasteiger partial charge in [0.05, 0.1) is 11.3 Å². The van der Waals surface area contributed by atoms with E-state index < -0.39 is 5.60 Å². The summed E-state index contributed by atoms with van der Waals surface area (Å²) in [6, 6.07) is 7.48. The Hall–Kier alpha value is -1.66. The molecule has 0 saturated carbocycles.